The molecule has 5 nitrogen and oxygen atoms in total. The van der Waals surface area contributed by atoms with Crippen molar-refractivity contribution in [1.29, 1.82) is 0 Å². The van der Waals surface area contributed by atoms with Crippen LogP contribution in [0.5, 0.6) is 0 Å². The molecule has 286 valence electrons. The zero-order valence-corrected chi connectivity index (χ0v) is 33.0. The molecule has 0 bridgehead atoms. The topological polar surface area (TPSA) is 64.1 Å². The molecule has 8 aromatic carbocycles. The van der Waals surface area contributed by atoms with E-state index in [4.69, 9.17) is 29.8 Å². The van der Waals surface area contributed by atoms with E-state index in [1.165, 1.54) is 0 Å². The smallest absolute Gasteiger partial charge is 0.160 e. The molecule has 0 spiro atoms. The molecule has 0 aliphatic rings. The molecule has 0 saturated carbocycles. The van der Waals surface area contributed by atoms with Crippen molar-refractivity contribution in [2.75, 3.05) is 0 Å². The van der Waals surface area contributed by atoms with Crippen LogP contribution in [0.1, 0.15) is 36.5 Å². The van der Waals surface area contributed by atoms with Crippen LogP contribution in [0.4, 0.5) is 0 Å². The highest BCUT2D eigenvalue weighted by atomic mass is 16.3. The second-order valence-corrected chi connectivity index (χ2v) is 15.2. The number of para-hydroxylation sites is 2. The summed E-state index contributed by atoms with van der Waals surface area (Å²) < 4.78 is 19.1. The fourth-order valence-electron chi connectivity index (χ4n) is 8.57. The van der Waals surface area contributed by atoms with Gasteiger partial charge in [0.05, 0.1) is 11.4 Å². The maximum absolute atomic E-state index is 6.65. The van der Waals surface area contributed by atoms with Gasteiger partial charge in [0.2, 0.25) is 0 Å². The lowest BCUT2D eigenvalue weighted by Crippen LogP contribution is -2.07. The third-order valence-electron chi connectivity index (χ3n) is 11.4. The van der Waals surface area contributed by atoms with Crippen molar-refractivity contribution < 1.29 is 13.3 Å². The molecule has 3 aromatic heterocycles. The van der Waals surface area contributed by atoms with Gasteiger partial charge in [-0.2, -0.15) is 0 Å². The molecule has 0 unspecified atom stereocenters. The maximum atomic E-state index is 6.65. The molecular formula is C55H38N2O3. The van der Waals surface area contributed by atoms with Crippen molar-refractivity contribution >= 4 is 83.1 Å². The monoisotopic (exact) mass is 774 g/mol. The van der Waals surface area contributed by atoms with E-state index < -0.39 is 0 Å². The Kier molecular flexibility index (Phi) is 8.59. The lowest BCUT2D eigenvalue weighted by molar-refractivity contribution is 0.668. The first-order chi connectivity index (χ1) is 29.6. The summed E-state index contributed by atoms with van der Waals surface area (Å²) in [4.78, 5) is 10.7. The molecule has 3 heterocycles. The molecule has 11 aromatic rings. The summed E-state index contributed by atoms with van der Waals surface area (Å²) in [6.07, 6.45) is 1.75. The van der Waals surface area contributed by atoms with E-state index in [1.54, 1.807) is 0 Å². The van der Waals surface area contributed by atoms with Crippen LogP contribution < -0.4 is 0 Å². The van der Waals surface area contributed by atoms with E-state index in [-0.39, 0.29) is 0 Å². The van der Waals surface area contributed by atoms with Gasteiger partial charge in [-0.3, -0.25) is 0 Å². The third-order valence-corrected chi connectivity index (χ3v) is 11.4. The van der Waals surface area contributed by atoms with E-state index in [0.29, 0.717) is 11.5 Å². The van der Waals surface area contributed by atoms with Gasteiger partial charge in [0, 0.05) is 43.4 Å². The molecule has 0 N–H and O–H groups in total. The number of nitrogens with zero attached hydrogens (tertiary/aromatic N) is 2. The minimum absolute atomic E-state index is 0.582. The molecule has 0 amide bonds. The summed E-state index contributed by atoms with van der Waals surface area (Å²) in [5.41, 5.74) is 13.6. The highest BCUT2D eigenvalue weighted by Crippen LogP contribution is 2.43. The lowest BCUT2D eigenvalue weighted by Gasteiger charge is -2.14. The summed E-state index contributed by atoms with van der Waals surface area (Å²) in [5, 5.41) is 6.21. The molecule has 60 heavy (non-hydrogen) atoms. The summed E-state index contributed by atoms with van der Waals surface area (Å²) in [6, 6.07) is 60.3. The van der Waals surface area contributed by atoms with Crippen molar-refractivity contribution in [3.8, 4) is 22.3 Å². The average Bonchev–Trinajstić information content (AvgIpc) is 3.99. The van der Waals surface area contributed by atoms with E-state index >= 15 is 0 Å². The SMILES string of the molecule is C=C(N=C(N=C(CCC)c1ccccc1)c1ccccc1)c1c(-c2ccc3oc4ccccc4c3c2)ccc2oc3ccc(-c4ccc5oc6ccccc6c5c4)cc3c12. The maximum Gasteiger partial charge on any atom is 0.160 e. The molecule has 0 atom stereocenters. The van der Waals surface area contributed by atoms with E-state index in [2.05, 4.69) is 128 Å². The fraction of sp³-hybridized carbons (Fsp3) is 0.0545. The summed E-state index contributed by atoms with van der Waals surface area (Å²) in [7, 11) is 0. The number of aliphatic imine (C=N–C) groups is 2. The Morgan fingerprint density at radius 2 is 0.933 bits per heavy atom. The number of rotatable bonds is 8. The zero-order chi connectivity index (χ0) is 40.2. The van der Waals surface area contributed by atoms with E-state index in [1.807, 2.05) is 54.6 Å². The molecule has 0 radical (unpaired) electrons. The Hall–Kier alpha value is -7.76. The van der Waals surface area contributed by atoms with Crippen LogP contribution in [-0.4, -0.2) is 11.5 Å². The molecule has 0 aliphatic heterocycles. The molecular weight excluding hydrogens is 737 g/mol. The number of amidine groups is 1. The van der Waals surface area contributed by atoms with Gasteiger partial charge in [-0.25, -0.2) is 9.98 Å². The van der Waals surface area contributed by atoms with Crippen molar-refractivity contribution in [3.05, 3.63) is 199 Å². The highest BCUT2D eigenvalue weighted by molar-refractivity contribution is 6.18. The number of benzene rings is 8. The van der Waals surface area contributed by atoms with Gasteiger partial charge < -0.3 is 13.3 Å². The Balaban J connectivity index is 1.15. The number of fused-ring (bicyclic) bond motifs is 9. The molecule has 0 fully saturated rings. The molecule has 5 heteroatoms. The average molecular weight is 775 g/mol. The van der Waals surface area contributed by atoms with Gasteiger partial charge >= 0.3 is 0 Å². The predicted octanol–water partition coefficient (Wildman–Crippen LogP) is 15.4. The van der Waals surface area contributed by atoms with Crippen LogP contribution in [0.2, 0.25) is 0 Å². The minimum atomic E-state index is 0.582. The molecule has 0 aliphatic carbocycles. The van der Waals surface area contributed by atoms with Gasteiger partial charge in [-0.05, 0) is 94.9 Å². The Labute approximate surface area is 346 Å². The first kappa shape index (κ1) is 35.4. The molecule has 0 saturated heterocycles. The summed E-state index contributed by atoms with van der Waals surface area (Å²) in [6.45, 7) is 6.93. The summed E-state index contributed by atoms with van der Waals surface area (Å²) >= 11 is 0. The summed E-state index contributed by atoms with van der Waals surface area (Å²) in [5.74, 6) is 0.598. The zero-order valence-electron chi connectivity index (χ0n) is 33.0. The quantitative estimate of drug-likeness (QED) is 0.114. The second-order valence-electron chi connectivity index (χ2n) is 15.2. The lowest BCUT2D eigenvalue weighted by atomic mass is 9.92. The van der Waals surface area contributed by atoms with Crippen LogP contribution in [0.3, 0.4) is 0 Å². The first-order valence-electron chi connectivity index (χ1n) is 20.4. The first-order valence-corrected chi connectivity index (χ1v) is 20.4. The predicted molar refractivity (Wildman–Crippen MR) is 249 cm³/mol. The Morgan fingerprint density at radius 1 is 0.450 bits per heavy atom. The van der Waals surface area contributed by atoms with Crippen molar-refractivity contribution in [1.82, 2.24) is 0 Å². The number of hydrogen-bond acceptors (Lipinski definition) is 4. The fourth-order valence-corrected chi connectivity index (χ4v) is 8.57. The van der Waals surface area contributed by atoms with Gasteiger partial charge in [0.1, 0.15) is 33.5 Å². The van der Waals surface area contributed by atoms with Crippen LogP contribution >= 0.6 is 0 Å². The van der Waals surface area contributed by atoms with Crippen molar-refractivity contribution in [2.45, 2.75) is 19.8 Å². The Bertz CT molecular complexity index is 3510. The van der Waals surface area contributed by atoms with Gasteiger partial charge in [0.15, 0.2) is 5.84 Å². The van der Waals surface area contributed by atoms with Crippen LogP contribution in [0.15, 0.2) is 206 Å². The van der Waals surface area contributed by atoms with Crippen LogP contribution in [0.25, 0.3) is 93.8 Å². The van der Waals surface area contributed by atoms with Crippen molar-refractivity contribution in [2.24, 2.45) is 9.98 Å². The van der Waals surface area contributed by atoms with E-state index in [0.717, 1.165) is 123 Å². The van der Waals surface area contributed by atoms with Gasteiger partial charge in [0.25, 0.3) is 0 Å². The molecule has 11 rings (SSSR count). The minimum Gasteiger partial charge on any atom is -0.456 e. The normalized spacial score (nSPS) is 12.5. The van der Waals surface area contributed by atoms with Crippen molar-refractivity contribution in [3.63, 3.8) is 0 Å². The third kappa shape index (κ3) is 6.11. The standard InChI is InChI=1S/C55H38N2O3/c1-3-14-46(35-15-6-4-7-16-35)57-55(36-17-8-5-9-18-36)56-34(2)53-40(39-25-29-50-44(33-39)42-20-11-13-22-48(42)59-50)26-30-52-54(53)45-32-38(24-28-51(45)60-52)37-23-27-49-43(31-37)41-19-10-12-21-47(41)58-49/h4-13,15-33H,2-3,14H2,1H3. The van der Waals surface area contributed by atoms with Gasteiger partial charge in [-0.15, -0.1) is 0 Å². The number of hydrogen-bond donors (Lipinski definition) is 0. The van der Waals surface area contributed by atoms with Crippen LogP contribution in [0, 0.1) is 0 Å². The highest BCUT2D eigenvalue weighted by Gasteiger charge is 2.21. The number of furan rings is 3. The Morgan fingerprint density at radius 3 is 1.57 bits per heavy atom. The largest absolute Gasteiger partial charge is 0.456 e. The van der Waals surface area contributed by atoms with E-state index in [9.17, 15) is 0 Å². The van der Waals surface area contributed by atoms with Gasteiger partial charge in [-0.1, -0.05) is 135 Å². The van der Waals surface area contributed by atoms with Crippen LogP contribution in [-0.2, 0) is 0 Å². The second kappa shape index (κ2) is 14.6.